The van der Waals surface area contributed by atoms with Gasteiger partial charge in [-0.05, 0) is 53.6 Å². The van der Waals surface area contributed by atoms with Crippen LogP contribution in [0.4, 0.5) is 4.39 Å². The second-order valence-corrected chi connectivity index (χ2v) is 8.54. The summed E-state index contributed by atoms with van der Waals surface area (Å²) in [6.07, 6.45) is 2.08. The van der Waals surface area contributed by atoms with E-state index in [1.807, 2.05) is 42.5 Å². The van der Waals surface area contributed by atoms with Gasteiger partial charge >= 0.3 is 0 Å². The van der Waals surface area contributed by atoms with E-state index >= 15 is 0 Å². The molecule has 1 aliphatic rings. The molecule has 1 fully saturated rings. The Balaban J connectivity index is 1.42. The molecule has 4 aromatic rings. The minimum absolute atomic E-state index is 0.0672. The quantitative estimate of drug-likeness (QED) is 0.460. The molecule has 3 aromatic carbocycles. The van der Waals surface area contributed by atoms with Gasteiger partial charge in [-0.1, -0.05) is 48.5 Å². The van der Waals surface area contributed by atoms with E-state index in [0.717, 1.165) is 29.5 Å². The van der Waals surface area contributed by atoms with E-state index in [0.29, 0.717) is 16.4 Å². The fraction of sp³-hybridized carbons (Fsp3) is 0.125. The van der Waals surface area contributed by atoms with E-state index in [2.05, 4.69) is 4.72 Å². The van der Waals surface area contributed by atoms with Gasteiger partial charge in [-0.2, -0.15) is 0 Å². The van der Waals surface area contributed by atoms with Gasteiger partial charge in [0.1, 0.15) is 11.4 Å². The van der Waals surface area contributed by atoms with Gasteiger partial charge in [0.25, 0.3) is 5.91 Å². The first-order valence-corrected chi connectivity index (χ1v) is 10.9. The molecule has 0 aliphatic heterocycles. The molecule has 4 nitrogen and oxygen atoms in total. The molecular weight excluding hydrogens is 401 g/mol. The Morgan fingerprint density at radius 3 is 2.50 bits per heavy atom. The van der Waals surface area contributed by atoms with Crippen LogP contribution in [0, 0.1) is 5.82 Å². The monoisotopic (exact) mass is 419 g/mol. The van der Waals surface area contributed by atoms with E-state index in [1.165, 1.54) is 12.1 Å². The second-order valence-electron chi connectivity index (χ2n) is 7.36. The third-order valence-corrected chi connectivity index (χ3v) is 6.37. The van der Waals surface area contributed by atoms with Crippen molar-refractivity contribution in [3.8, 4) is 11.1 Å². The van der Waals surface area contributed by atoms with E-state index in [1.54, 1.807) is 18.2 Å². The summed E-state index contributed by atoms with van der Waals surface area (Å²) in [5.74, 6) is -0.761. The van der Waals surface area contributed by atoms with E-state index in [9.17, 15) is 13.4 Å². The summed E-state index contributed by atoms with van der Waals surface area (Å²) >= 11 is 0. The molecule has 1 aliphatic carbocycles. The fourth-order valence-electron chi connectivity index (χ4n) is 3.55. The first-order valence-electron chi connectivity index (χ1n) is 9.70. The Morgan fingerprint density at radius 2 is 1.73 bits per heavy atom. The molecule has 6 heteroatoms. The summed E-state index contributed by atoms with van der Waals surface area (Å²) < 4.78 is 35.4. The molecule has 0 spiro atoms. The summed E-state index contributed by atoms with van der Waals surface area (Å²) in [4.78, 5) is 13.1. The van der Waals surface area contributed by atoms with E-state index < -0.39 is 22.7 Å². The van der Waals surface area contributed by atoms with Crippen molar-refractivity contribution in [3.63, 3.8) is 0 Å². The molecule has 0 bridgehead atoms. The molecule has 0 radical (unpaired) electrons. The van der Waals surface area contributed by atoms with Crippen LogP contribution in [-0.4, -0.2) is 10.1 Å². The number of hydrogen-bond acceptors (Lipinski definition) is 3. The molecule has 1 saturated carbocycles. The smallest absolute Gasteiger partial charge is 0.298 e. The maximum atomic E-state index is 14.4. The van der Waals surface area contributed by atoms with Crippen LogP contribution in [0.15, 0.2) is 82.1 Å². The normalized spacial score (nSPS) is 14.6. The summed E-state index contributed by atoms with van der Waals surface area (Å²) in [5, 5.41) is 0.250. The SMILES string of the molecule is O=C(NS(=O)c1ccccc1-c1ccccc1)c1cc2c(F)cc(C3CC3)cc2o1. The number of fused-ring (bicyclic) bond motifs is 1. The van der Waals surface area contributed by atoms with Crippen LogP contribution < -0.4 is 4.72 Å². The molecule has 1 N–H and O–H groups in total. The summed E-state index contributed by atoms with van der Waals surface area (Å²) in [7, 11) is -1.81. The average Bonchev–Trinajstić information content (AvgIpc) is 3.53. The maximum Gasteiger partial charge on any atom is 0.298 e. The third-order valence-electron chi connectivity index (χ3n) is 5.24. The molecule has 150 valence electrons. The van der Waals surface area contributed by atoms with Gasteiger partial charge < -0.3 is 4.42 Å². The first-order chi connectivity index (χ1) is 14.6. The number of amides is 1. The topological polar surface area (TPSA) is 59.3 Å². The Morgan fingerprint density at radius 1 is 1.00 bits per heavy atom. The minimum atomic E-state index is -1.81. The van der Waals surface area contributed by atoms with Crippen LogP contribution in [0.3, 0.4) is 0 Å². The zero-order chi connectivity index (χ0) is 20.7. The van der Waals surface area contributed by atoms with Crippen molar-refractivity contribution in [1.29, 1.82) is 0 Å². The lowest BCUT2D eigenvalue weighted by atomic mass is 10.1. The second kappa shape index (κ2) is 7.54. The summed E-state index contributed by atoms with van der Waals surface area (Å²) in [6.45, 7) is 0. The molecule has 0 saturated heterocycles. The Kier molecular flexibility index (Phi) is 4.71. The number of rotatable bonds is 5. The zero-order valence-corrected chi connectivity index (χ0v) is 16.7. The number of carbonyl (C=O) groups is 1. The lowest BCUT2D eigenvalue weighted by Crippen LogP contribution is -2.25. The lowest BCUT2D eigenvalue weighted by molar-refractivity contribution is 0.0958. The molecule has 1 heterocycles. The molecule has 5 rings (SSSR count). The van der Waals surface area contributed by atoms with Crippen molar-refractivity contribution < 1.29 is 17.8 Å². The van der Waals surface area contributed by atoms with E-state index in [4.69, 9.17) is 4.42 Å². The number of benzene rings is 3. The number of furan rings is 1. The van der Waals surface area contributed by atoms with Crippen molar-refractivity contribution in [2.45, 2.75) is 23.7 Å². The summed E-state index contributed by atoms with van der Waals surface area (Å²) in [5.41, 5.74) is 2.88. The number of nitrogens with one attached hydrogen (secondary N) is 1. The van der Waals surface area contributed by atoms with Gasteiger partial charge in [-0.3, -0.25) is 9.52 Å². The van der Waals surface area contributed by atoms with Crippen molar-refractivity contribution in [2.75, 3.05) is 0 Å². The fourth-order valence-corrected chi connectivity index (χ4v) is 4.52. The van der Waals surface area contributed by atoms with Crippen LogP contribution in [0.5, 0.6) is 0 Å². The molecule has 30 heavy (non-hydrogen) atoms. The highest BCUT2D eigenvalue weighted by atomic mass is 32.2. The molecular formula is C24H18FNO3S. The van der Waals surface area contributed by atoms with Crippen LogP contribution in [-0.2, 0) is 11.0 Å². The Bertz CT molecular complexity index is 1280. The number of carbonyl (C=O) groups excluding carboxylic acids is 1. The largest absolute Gasteiger partial charge is 0.451 e. The van der Waals surface area contributed by atoms with Crippen LogP contribution in [0.2, 0.25) is 0 Å². The molecule has 1 aromatic heterocycles. The predicted molar refractivity (Wildman–Crippen MR) is 114 cm³/mol. The lowest BCUT2D eigenvalue weighted by Gasteiger charge is -2.09. The molecule has 1 amide bonds. The van der Waals surface area contributed by atoms with Gasteiger partial charge in [0.2, 0.25) is 0 Å². The Hall–Kier alpha value is -3.25. The average molecular weight is 419 g/mol. The highest BCUT2D eigenvalue weighted by Crippen LogP contribution is 2.41. The zero-order valence-electron chi connectivity index (χ0n) is 15.9. The van der Waals surface area contributed by atoms with Crippen molar-refractivity contribution in [2.24, 2.45) is 0 Å². The highest BCUT2D eigenvalue weighted by Gasteiger charge is 2.26. The predicted octanol–water partition coefficient (Wildman–Crippen LogP) is 5.57. The molecule has 1 atom stereocenters. The van der Waals surface area contributed by atoms with Gasteiger partial charge in [-0.15, -0.1) is 0 Å². The van der Waals surface area contributed by atoms with Gasteiger partial charge in [0, 0.05) is 6.07 Å². The van der Waals surface area contributed by atoms with E-state index in [-0.39, 0.29) is 11.1 Å². The van der Waals surface area contributed by atoms with Gasteiger partial charge in [0.15, 0.2) is 16.7 Å². The van der Waals surface area contributed by atoms with Gasteiger partial charge in [-0.25, -0.2) is 8.60 Å². The highest BCUT2D eigenvalue weighted by molar-refractivity contribution is 7.83. The minimum Gasteiger partial charge on any atom is -0.451 e. The standard InChI is InChI=1S/C24H18FNO3S/c25-20-12-17(15-10-11-15)13-21-19(20)14-22(29-21)24(27)26-30(28)23-9-5-4-8-18(23)16-6-2-1-3-7-16/h1-9,12-15H,10-11H2,(H,26,27). The Labute approximate surface area is 175 Å². The van der Waals surface area contributed by atoms with Crippen molar-refractivity contribution >= 4 is 27.9 Å². The van der Waals surface area contributed by atoms with Crippen LogP contribution >= 0.6 is 0 Å². The van der Waals surface area contributed by atoms with Crippen LogP contribution in [0.1, 0.15) is 34.9 Å². The number of halogens is 1. The first kappa shape index (κ1) is 18.8. The summed E-state index contributed by atoms with van der Waals surface area (Å²) in [6, 6.07) is 21.3. The van der Waals surface area contributed by atoms with Crippen molar-refractivity contribution in [3.05, 3.63) is 89.9 Å². The van der Waals surface area contributed by atoms with Crippen LogP contribution in [0.25, 0.3) is 22.1 Å². The molecule has 1 unspecified atom stereocenters. The van der Waals surface area contributed by atoms with Gasteiger partial charge in [0.05, 0.1) is 10.3 Å². The van der Waals surface area contributed by atoms with Crippen molar-refractivity contribution in [1.82, 2.24) is 4.72 Å². The maximum absolute atomic E-state index is 14.4. The third kappa shape index (κ3) is 3.55. The number of hydrogen-bond donors (Lipinski definition) is 1.